The molecule has 0 saturated heterocycles. The van der Waals surface area contributed by atoms with E-state index in [0.717, 1.165) is 0 Å². The first-order valence-corrected chi connectivity index (χ1v) is 7.09. The number of methoxy groups -OCH3 is 2. The Labute approximate surface area is 135 Å². The lowest BCUT2D eigenvalue weighted by Gasteiger charge is -2.11. The van der Waals surface area contributed by atoms with E-state index in [2.05, 4.69) is 20.7 Å². The van der Waals surface area contributed by atoms with Crippen molar-refractivity contribution in [2.75, 3.05) is 14.2 Å². The van der Waals surface area contributed by atoms with Crippen molar-refractivity contribution in [2.24, 2.45) is 0 Å². The van der Waals surface area contributed by atoms with E-state index in [1.54, 1.807) is 30.3 Å². The molecule has 0 saturated carbocycles. The van der Waals surface area contributed by atoms with Crippen molar-refractivity contribution in [3.05, 3.63) is 58.1 Å². The van der Waals surface area contributed by atoms with Gasteiger partial charge in [-0.15, -0.1) is 0 Å². The molecule has 0 N–H and O–H groups in total. The van der Waals surface area contributed by atoms with E-state index in [9.17, 15) is 9.59 Å². The molecule has 22 heavy (non-hydrogen) atoms. The van der Waals surface area contributed by atoms with Crippen LogP contribution >= 0.6 is 15.9 Å². The number of hydrogen-bond donors (Lipinski definition) is 0. The van der Waals surface area contributed by atoms with Crippen molar-refractivity contribution in [3.8, 4) is 11.5 Å². The highest BCUT2D eigenvalue weighted by molar-refractivity contribution is 9.10. The third kappa shape index (κ3) is 3.46. The first kappa shape index (κ1) is 16.0. The fraction of sp³-hybridized carbons (Fsp3) is 0.125. The zero-order valence-corrected chi connectivity index (χ0v) is 13.5. The van der Waals surface area contributed by atoms with Crippen molar-refractivity contribution >= 4 is 27.9 Å². The Kier molecular flexibility index (Phi) is 5.16. The van der Waals surface area contributed by atoms with E-state index in [0.29, 0.717) is 10.2 Å². The van der Waals surface area contributed by atoms with Gasteiger partial charge in [0.05, 0.1) is 14.2 Å². The molecule has 0 amide bonds. The van der Waals surface area contributed by atoms with Gasteiger partial charge in [0, 0.05) is 4.47 Å². The molecule has 0 fully saturated rings. The summed E-state index contributed by atoms with van der Waals surface area (Å²) in [6.45, 7) is 0. The fourth-order valence-electron chi connectivity index (χ4n) is 1.83. The van der Waals surface area contributed by atoms with Crippen molar-refractivity contribution in [1.82, 2.24) is 0 Å². The molecule has 0 aliphatic heterocycles. The molecule has 0 bridgehead atoms. The molecular formula is C16H13BrO5. The Bertz CT molecular complexity index is 711. The van der Waals surface area contributed by atoms with Crippen LogP contribution in [0.25, 0.3) is 0 Å². The minimum Gasteiger partial charge on any atom is -0.496 e. The van der Waals surface area contributed by atoms with Crippen LogP contribution in [0.3, 0.4) is 0 Å². The van der Waals surface area contributed by atoms with Gasteiger partial charge >= 0.3 is 11.9 Å². The molecule has 0 radical (unpaired) electrons. The lowest BCUT2D eigenvalue weighted by atomic mass is 10.2. The fourth-order valence-corrected chi connectivity index (χ4v) is 2.19. The highest BCUT2D eigenvalue weighted by Crippen LogP contribution is 2.26. The SMILES string of the molecule is COC(=O)c1cc(Br)ccc1OC(=O)c1ccccc1OC. The smallest absolute Gasteiger partial charge is 0.347 e. The third-order valence-corrected chi connectivity index (χ3v) is 3.37. The number of benzene rings is 2. The van der Waals surface area contributed by atoms with Gasteiger partial charge in [-0.3, -0.25) is 0 Å². The predicted octanol–water partition coefficient (Wildman–Crippen LogP) is 3.46. The summed E-state index contributed by atoms with van der Waals surface area (Å²) in [5, 5.41) is 0. The highest BCUT2D eigenvalue weighted by Gasteiger charge is 2.19. The van der Waals surface area contributed by atoms with Gasteiger partial charge in [0.25, 0.3) is 0 Å². The summed E-state index contributed by atoms with van der Waals surface area (Å²) in [5.41, 5.74) is 0.420. The topological polar surface area (TPSA) is 61.8 Å². The summed E-state index contributed by atoms with van der Waals surface area (Å²) in [6.07, 6.45) is 0. The van der Waals surface area contributed by atoms with Crippen LogP contribution in [0, 0.1) is 0 Å². The lowest BCUT2D eigenvalue weighted by Crippen LogP contribution is -2.13. The quantitative estimate of drug-likeness (QED) is 0.613. The second kappa shape index (κ2) is 7.09. The average Bonchev–Trinajstić information content (AvgIpc) is 2.55. The Morgan fingerprint density at radius 3 is 2.32 bits per heavy atom. The van der Waals surface area contributed by atoms with Gasteiger partial charge in [-0.05, 0) is 30.3 Å². The van der Waals surface area contributed by atoms with Gasteiger partial charge in [-0.1, -0.05) is 28.1 Å². The Morgan fingerprint density at radius 2 is 1.64 bits per heavy atom. The zero-order chi connectivity index (χ0) is 16.1. The van der Waals surface area contributed by atoms with Crippen LogP contribution in [-0.4, -0.2) is 26.2 Å². The molecule has 6 heteroatoms. The normalized spacial score (nSPS) is 9.95. The number of para-hydroxylation sites is 1. The first-order valence-electron chi connectivity index (χ1n) is 6.30. The molecule has 2 aromatic rings. The van der Waals surface area contributed by atoms with Crippen molar-refractivity contribution in [3.63, 3.8) is 0 Å². The molecule has 0 aliphatic rings. The molecule has 0 atom stereocenters. The van der Waals surface area contributed by atoms with E-state index >= 15 is 0 Å². The van der Waals surface area contributed by atoms with Crippen molar-refractivity contribution < 1.29 is 23.8 Å². The number of carbonyl (C=O) groups excluding carboxylic acids is 2. The summed E-state index contributed by atoms with van der Waals surface area (Å²) in [7, 11) is 2.72. The van der Waals surface area contributed by atoms with Gasteiger partial charge in [0.2, 0.25) is 0 Å². The minimum absolute atomic E-state index is 0.117. The van der Waals surface area contributed by atoms with E-state index in [1.165, 1.54) is 26.4 Å². The Balaban J connectivity index is 2.34. The number of hydrogen-bond acceptors (Lipinski definition) is 5. The number of halogens is 1. The first-order chi connectivity index (χ1) is 10.6. The van der Waals surface area contributed by atoms with Crippen LogP contribution < -0.4 is 9.47 Å². The van der Waals surface area contributed by atoms with Crippen LogP contribution in [0.4, 0.5) is 0 Å². The average molecular weight is 365 g/mol. The summed E-state index contributed by atoms with van der Waals surface area (Å²) in [6, 6.07) is 11.4. The second-order valence-electron chi connectivity index (χ2n) is 4.22. The molecule has 0 spiro atoms. The van der Waals surface area contributed by atoms with E-state index in [1.807, 2.05) is 0 Å². The standard InChI is InChI=1S/C16H13BrO5/c1-20-13-6-4-3-5-11(13)16(19)22-14-8-7-10(17)9-12(14)15(18)21-2/h3-9H,1-2H3. The maximum Gasteiger partial charge on any atom is 0.347 e. The summed E-state index contributed by atoms with van der Waals surface area (Å²) in [5.74, 6) is -0.704. The van der Waals surface area contributed by atoms with Gasteiger partial charge in [0.15, 0.2) is 0 Å². The van der Waals surface area contributed by atoms with Crippen molar-refractivity contribution in [2.45, 2.75) is 0 Å². The molecule has 114 valence electrons. The maximum atomic E-state index is 12.3. The Hall–Kier alpha value is -2.34. The van der Waals surface area contributed by atoms with Gasteiger partial charge in [0.1, 0.15) is 22.6 Å². The summed E-state index contributed by atoms with van der Waals surface area (Å²) >= 11 is 3.26. The zero-order valence-electron chi connectivity index (χ0n) is 12.0. The van der Waals surface area contributed by atoms with Gasteiger partial charge < -0.3 is 14.2 Å². The molecule has 0 unspecified atom stereocenters. The van der Waals surface area contributed by atoms with Crippen LogP contribution in [0.15, 0.2) is 46.9 Å². The van der Waals surface area contributed by atoms with E-state index in [4.69, 9.17) is 9.47 Å². The number of ether oxygens (including phenoxy) is 3. The molecule has 0 heterocycles. The second-order valence-corrected chi connectivity index (χ2v) is 5.14. The van der Waals surface area contributed by atoms with Crippen LogP contribution in [0.2, 0.25) is 0 Å². The predicted molar refractivity (Wildman–Crippen MR) is 83.4 cm³/mol. The molecule has 2 aromatic carbocycles. The van der Waals surface area contributed by atoms with Crippen molar-refractivity contribution in [1.29, 1.82) is 0 Å². The monoisotopic (exact) mass is 364 g/mol. The van der Waals surface area contributed by atoms with Crippen LogP contribution in [0.1, 0.15) is 20.7 Å². The Morgan fingerprint density at radius 1 is 0.909 bits per heavy atom. The van der Waals surface area contributed by atoms with Crippen LogP contribution in [-0.2, 0) is 4.74 Å². The van der Waals surface area contributed by atoms with E-state index < -0.39 is 11.9 Å². The molecule has 0 aromatic heterocycles. The number of esters is 2. The van der Waals surface area contributed by atoms with E-state index in [-0.39, 0.29) is 16.9 Å². The van der Waals surface area contributed by atoms with Gasteiger partial charge in [-0.25, -0.2) is 9.59 Å². The molecule has 0 aliphatic carbocycles. The van der Waals surface area contributed by atoms with Crippen LogP contribution in [0.5, 0.6) is 11.5 Å². The largest absolute Gasteiger partial charge is 0.496 e. The number of carbonyl (C=O) groups is 2. The summed E-state index contributed by atoms with van der Waals surface area (Å²) in [4.78, 5) is 24.0. The van der Waals surface area contributed by atoms with Gasteiger partial charge in [-0.2, -0.15) is 0 Å². The molecule has 5 nitrogen and oxygen atoms in total. The lowest BCUT2D eigenvalue weighted by molar-refractivity contribution is 0.0593. The third-order valence-electron chi connectivity index (χ3n) is 2.88. The highest BCUT2D eigenvalue weighted by atomic mass is 79.9. The maximum absolute atomic E-state index is 12.3. The molecule has 2 rings (SSSR count). The summed E-state index contributed by atoms with van der Waals surface area (Å²) < 4.78 is 15.8. The number of rotatable bonds is 4. The minimum atomic E-state index is -0.620. The molecular weight excluding hydrogens is 352 g/mol.